The molecule has 0 aliphatic carbocycles. The molecule has 0 spiro atoms. The summed E-state index contributed by atoms with van der Waals surface area (Å²) < 4.78 is 0. The Morgan fingerprint density at radius 2 is 2.44 bits per heavy atom. The van der Waals surface area contributed by atoms with Gasteiger partial charge >= 0.3 is 6.03 Å². The van der Waals surface area contributed by atoms with Crippen LogP contribution in [-0.4, -0.2) is 40.7 Å². The lowest BCUT2D eigenvalue weighted by molar-refractivity contribution is 0.167. The van der Waals surface area contributed by atoms with Crippen LogP contribution in [0.25, 0.3) is 0 Å². The first kappa shape index (κ1) is 12.4. The molecule has 0 saturated carbocycles. The molecule has 0 bridgehead atoms. The van der Waals surface area contributed by atoms with Crippen molar-refractivity contribution >= 4 is 11.7 Å². The van der Waals surface area contributed by atoms with Gasteiger partial charge in [-0.3, -0.25) is 4.98 Å². The summed E-state index contributed by atoms with van der Waals surface area (Å²) in [5.74, 6) is 0. The third-order valence-electron chi connectivity index (χ3n) is 2.14. The highest BCUT2D eigenvalue weighted by atomic mass is 16.3. The summed E-state index contributed by atoms with van der Waals surface area (Å²) in [7, 11) is 1.69. The second-order valence-corrected chi connectivity index (χ2v) is 3.73. The second kappa shape index (κ2) is 6.07. The first-order valence-electron chi connectivity index (χ1n) is 5.20. The quantitative estimate of drug-likeness (QED) is 0.809. The van der Waals surface area contributed by atoms with Crippen molar-refractivity contribution in [2.45, 2.75) is 19.4 Å². The average molecular weight is 223 g/mol. The topological polar surface area (TPSA) is 65.5 Å². The number of hydrogen-bond acceptors (Lipinski definition) is 3. The molecule has 0 radical (unpaired) electrons. The van der Waals surface area contributed by atoms with Crippen molar-refractivity contribution in [1.82, 2.24) is 9.88 Å². The molecule has 1 aromatic rings. The minimum absolute atomic E-state index is 0.200. The Balaban J connectivity index is 2.40. The van der Waals surface area contributed by atoms with Crippen molar-refractivity contribution in [2.24, 2.45) is 0 Å². The van der Waals surface area contributed by atoms with Gasteiger partial charge < -0.3 is 15.3 Å². The summed E-state index contributed by atoms with van der Waals surface area (Å²) in [6.45, 7) is 2.22. The van der Waals surface area contributed by atoms with Gasteiger partial charge in [0.05, 0.1) is 18.0 Å². The van der Waals surface area contributed by atoms with Crippen molar-refractivity contribution in [2.75, 3.05) is 18.9 Å². The number of hydrogen-bond donors (Lipinski definition) is 2. The number of amides is 2. The Morgan fingerprint density at radius 3 is 3.00 bits per heavy atom. The van der Waals surface area contributed by atoms with E-state index in [2.05, 4.69) is 10.3 Å². The number of aliphatic hydroxyl groups is 1. The Labute approximate surface area is 95.1 Å². The van der Waals surface area contributed by atoms with Gasteiger partial charge in [0, 0.05) is 19.8 Å². The van der Waals surface area contributed by atoms with E-state index in [9.17, 15) is 4.79 Å². The maximum atomic E-state index is 11.6. The number of urea groups is 1. The van der Waals surface area contributed by atoms with Crippen LogP contribution in [0.1, 0.15) is 13.3 Å². The average Bonchev–Trinajstić information content (AvgIpc) is 2.27. The standard InChI is InChI=1S/C11H17N3O2/c1-9(15)5-7-14(2)11(16)13-10-4-3-6-12-8-10/h3-4,6,8-9,15H,5,7H2,1-2H3,(H,13,16)/t9-/m0/s1. The molecule has 5 heteroatoms. The van der Waals surface area contributed by atoms with Gasteiger partial charge in [-0.2, -0.15) is 0 Å². The van der Waals surface area contributed by atoms with E-state index in [1.807, 2.05) is 0 Å². The predicted molar refractivity (Wildman–Crippen MR) is 62.2 cm³/mol. The molecule has 16 heavy (non-hydrogen) atoms. The fourth-order valence-corrected chi connectivity index (χ4v) is 1.14. The first-order chi connectivity index (χ1) is 7.59. The summed E-state index contributed by atoms with van der Waals surface area (Å²) in [5.41, 5.74) is 0.663. The Morgan fingerprint density at radius 1 is 1.69 bits per heavy atom. The van der Waals surface area contributed by atoms with Gasteiger partial charge in [0.2, 0.25) is 0 Å². The van der Waals surface area contributed by atoms with Gasteiger partial charge in [-0.15, -0.1) is 0 Å². The van der Waals surface area contributed by atoms with Gasteiger partial charge in [-0.1, -0.05) is 0 Å². The normalized spacial score (nSPS) is 11.9. The second-order valence-electron chi connectivity index (χ2n) is 3.73. The van der Waals surface area contributed by atoms with E-state index in [1.54, 1.807) is 38.5 Å². The SMILES string of the molecule is C[C@H](O)CCN(C)C(=O)Nc1cccnc1. The van der Waals surface area contributed by atoms with Crippen LogP contribution in [0, 0.1) is 0 Å². The fourth-order valence-electron chi connectivity index (χ4n) is 1.14. The number of carbonyl (C=O) groups excluding carboxylic acids is 1. The lowest BCUT2D eigenvalue weighted by Gasteiger charge is -2.18. The highest BCUT2D eigenvalue weighted by Gasteiger charge is 2.09. The maximum Gasteiger partial charge on any atom is 0.321 e. The largest absolute Gasteiger partial charge is 0.393 e. The lowest BCUT2D eigenvalue weighted by atomic mass is 10.3. The molecular formula is C11H17N3O2. The van der Waals surface area contributed by atoms with E-state index < -0.39 is 6.10 Å². The molecular weight excluding hydrogens is 206 g/mol. The van der Waals surface area contributed by atoms with Gasteiger partial charge in [0.15, 0.2) is 0 Å². The van der Waals surface area contributed by atoms with Gasteiger partial charge in [-0.25, -0.2) is 4.79 Å². The number of nitrogens with zero attached hydrogens (tertiary/aromatic N) is 2. The third kappa shape index (κ3) is 4.27. The molecule has 0 aromatic carbocycles. The fraction of sp³-hybridized carbons (Fsp3) is 0.455. The molecule has 0 fully saturated rings. The number of pyridine rings is 1. The van der Waals surface area contributed by atoms with Crippen LogP contribution in [0.3, 0.4) is 0 Å². The molecule has 0 saturated heterocycles. The Kier molecular flexibility index (Phi) is 4.72. The molecule has 0 unspecified atom stereocenters. The van der Waals surface area contributed by atoms with Crippen LogP contribution < -0.4 is 5.32 Å². The number of carbonyl (C=O) groups is 1. The Bertz CT molecular complexity index is 327. The summed E-state index contributed by atoms with van der Waals surface area (Å²) in [6, 6.07) is 3.33. The van der Waals surface area contributed by atoms with E-state index >= 15 is 0 Å². The zero-order valence-electron chi connectivity index (χ0n) is 9.55. The van der Waals surface area contributed by atoms with Crippen molar-refractivity contribution in [3.63, 3.8) is 0 Å². The number of nitrogens with one attached hydrogen (secondary N) is 1. The molecule has 1 aromatic heterocycles. The highest BCUT2D eigenvalue weighted by Crippen LogP contribution is 2.04. The van der Waals surface area contributed by atoms with Crippen LogP contribution in [0.15, 0.2) is 24.5 Å². The van der Waals surface area contributed by atoms with Crippen LogP contribution in [0.2, 0.25) is 0 Å². The van der Waals surface area contributed by atoms with Crippen LogP contribution in [0.4, 0.5) is 10.5 Å². The van der Waals surface area contributed by atoms with Crippen molar-refractivity contribution in [3.8, 4) is 0 Å². The lowest BCUT2D eigenvalue weighted by Crippen LogP contribution is -2.33. The van der Waals surface area contributed by atoms with Crippen molar-refractivity contribution in [3.05, 3.63) is 24.5 Å². The van der Waals surface area contributed by atoms with Crippen LogP contribution >= 0.6 is 0 Å². The molecule has 1 rings (SSSR count). The third-order valence-corrected chi connectivity index (χ3v) is 2.14. The molecule has 2 N–H and O–H groups in total. The summed E-state index contributed by atoms with van der Waals surface area (Å²) in [5, 5.41) is 11.8. The molecule has 0 aliphatic rings. The molecule has 5 nitrogen and oxygen atoms in total. The molecule has 88 valence electrons. The number of aromatic nitrogens is 1. The zero-order chi connectivity index (χ0) is 12.0. The molecule has 2 amide bonds. The number of anilines is 1. The van der Waals surface area contributed by atoms with Gasteiger partial charge in [0.25, 0.3) is 0 Å². The van der Waals surface area contributed by atoms with E-state index in [4.69, 9.17) is 5.11 Å². The minimum atomic E-state index is -0.395. The van der Waals surface area contributed by atoms with Crippen LogP contribution in [0.5, 0.6) is 0 Å². The van der Waals surface area contributed by atoms with Crippen molar-refractivity contribution < 1.29 is 9.90 Å². The van der Waals surface area contributed by atoms with Gasteiger partial charge in [0.1, 0.15) is 0 Å². The molecule has 1 heterocycles. The summed E-state index contributed by atoms with van der Waals surface area (Å²) in [6.07, 6.45) is 3.40. The minimum Gasteiger partial charge on any atom is -0.393 e. The van der Waals surface area contributed by atoms with E-state index in [0.29, 0.717) is 18.7 Å². The number of rotatable bonds is 4. The summed E-state index contributed by atoms with van der Waals surface area (Å²) in [4.78, 5) is 17.1. The highest BCUT2D eigenvalue weighted by molar-refractivity contribution is 5.88. The molecule has 0 aliphatic heterocycles. The van der Waals surface area contributed by atoms with E-state index in [-0.39, 0.29) is 6.03 Å². The zero-order valence-corrected chi connectivity index (χ0v) is 9.55. The van der Waals surface area contributed by atoms with E-state index in [0.717, 1.165) is 0 Å². The first-order valence-corrected chi connectivity index (χ1v) is 5.20. The predicted octanol–water partition coefficient (Wildman–Crippen LogP) is 1.32. The monoisotopic (exact) mass is 223 g/mol. The van der Waals surface area contributed by atoms with E-state index in [1.165, 1.54) is 4.90 Å². The van der Waals surface area contributed by atoms with Gasteiger partial charge in [-0.05, 0) is 25.5 Å². The molecule has 1 atom stereocenters. The Hall–Kier alpha value is -1.62. The van der Waals surface area contributed by atoms with Crippen molar-refractivity contribution in [1.29, 1.82) is 0 Å². The number of aliphatic hydroxyl groups excluding tert-OH is 1. The van der Waals surface area contributed by atoms with Crippen LogP contribution in [-0.2, 0) is 0 Å². The maximum absolute atomic E-state index is 11.6. The smallest absolute Gasteiger partial charge is 0.321 e. The summed E-state index contributed by atoms with van der Waals surface area (Å²) >= 11 is 0.